The van der Waals surface area contributed by atoms with Crippen LogP contribution in [0.25, 0.3) is 0 Å². The molecule has 0 bridgehead atoms. The SMILES string of the molecule is COC(=O)Cn1c(O)csc1=O. The van der Waals surface area contributed by atoms with Crippen molar-refractivity contribution >= 4 is 17.3 Å². The monoisotopic (exact) mass is 189 g/mol. The molecule has 1 heterocycles. The van der Waals surface area contributed by atoms with Gasteiger partial charge in [0.1, 0.15) is 6.54 Å². The van der Waals surface area contributed by atoms with Gasteiger partial charge in [-0.3, -0.25) is 14.2 Å². The van der Waals surface area contributed by atoms with E-state index in [4.69, 9.17) is 5.11 Å². The van der Waals surface area contributed by atoms with Crippen molar-refractivity contribution in [2.45, 2.75) is 6.54 Å². The van der Waals surface area contributed by atoms with Gasteiger partial charge in [0.15, 0.2) is 0 Å². The third-order valence-corrected chi connectivity index (χ3v) is 2.03. The van der Waals surface area contributed by atoms with Crippen molar-refractivity contribution in [3.63, 3.8) is 0 Å². The second kappa shape index (κ2) is 3.40. The molecule has 12 heavy (non-hydrogen) atoms. The van der Waals surface area contributed by atoms with Gasteiger partial charge < -0.3 is 9.84 Å². The number of nitrogens with zero attached hydrogens (tertiary/aromatic N) is 1. The number of aromatic hydroxyl groups is 1. The maximum Gasteiger partial charge on any atom is 0.325 e. The molecule has 0 saturated heterocycles. The molecule has 0 radical (unpaired) electrons. The Balaban J connectivity index is 2.88. The standard InChI is InChI=1S/C6H7NO4S/c1-11-5(9)2-7-4(8)3-12-6(7)10/h3,8H,2H2,1H3. The smallest absolute Gasteiger partial charge is 0.325 e. The van der Waals surface area contributed by atoms with Gasteiger partial charge in [-0.1, -0.05) is 11.3 Å². The van der Waals surface area contributed by atoms with Gasteiger partial charge in [0, 0.05) is 0 Å². The number of carbonyl (C=O) groups excluding carboxylic acids is 1. The Kier molecular flexibility index (Phi) is 2.49. The topological polar surface area (TPSA) is 68.5 Å². The molecule has 1 rings (SSSR count). The van der Waals surface area contributed by atoms with E-state index in [9.17, 15) is 9.59 Å². The second-order valence-electron chi connectivity index (χ2n) is 2.02. The fourth-order valence-electron chi connectivity index (χ4n) is 0.663. The van der Waals surface area contributed by atoms with E-state index in [1.807, 2.05) is 0 Å². The highest BCUT2D eigenvalue weighted by Gasteiger charge is 2.09. The molecule has 5 nitrogen and oxygen atoms in total. The fourth-order valence-corrected chi connectivity index (χ4v) is 1.28. The molecule has 0 aliphatic rings. The largest absolute Gasteiger partial charge is 0.494 e. The van der Waals surface area contributed by atoms with Crippen molar-refractivity contribution < 1.29 is 14.6 Å². The summed E-state index contributed by atoms with van der Waals surface area (Å²) in [6.45, 7) is -0.245. The summed E-state index contributed by atoms with van der Waals surface area (Å²) in [6.07, 6.45) is 0. The predicted octanol–water partition coefficient (Wildman–Crippen LogP) is -0.212. The second-order valence-corrected chi connectivity index (χ2v) is 2.84. The molecular formula is C6H7NO4S. The lowest BCUT2D eigenvalue weighted by Crippen LogP contribution is -2.19. The molecule has 0 spiro atoms. The number of carbonyl (C=O) groups is 1. The number of methoxy groups -OCH3 is 1. The molecule has 0 aromatic carbocycles. The molecule has 0 saturated carbocycles. The molecule has 0 amide bonds. The molecule has 1 aromatic heterocycles. The maximum absolute atomic E-state index is 10.9. The number of aromatic nitrogens is 1. The highest BCUT2D eigenvalue weighted by molar-refractivity contribution is 7.07. The number of esters is 1. The number of rotatable bonds is 2. The number of hydrogen-bond acceptors (Lipinski definition) is 5. The van der Waals surface area contributed by atoms with Gasteiger partial charge in [0.2, 0.25) is 5.88 Å². The molecule has 66 valence electrons. The van der Waals surface area contributed by atoms with Crippen LogP contribution in [0.3, 0.4) is 0 Å². The summed E-state index contributed by atoms with van der Waals surface area (Å²) >= 11 is 0.833. The van der Waals surface area contributed by atoms with E-state index in [2.05, 4.69) is 4.74 Å². The quantitative estimate of drug-likeness (QED) is 0.653. The Labute approximate surface area is 71.8 Å². The molecule has 0 aliphatic heterocycles. The van der Waals surface area contributed by atoms with E-state index >= 15 is 0 Å². The lowest BCUT2D eigenvalue weighted by molar-refractivity contribution is -0.141. The molecule has 6 heteroatoms. The fraction of sp³-hybridized carbons (Fsp3) is 0.333. The van der Waals surface area contributed by atoms with E-state index < -0.39 is 5.97 Å². The number of ether oxygens (including phenoxy) is 1. The van der Waals surface area contributed by atoms with E-state index in [1.54, 1.807) is 0 Å². The van der Waals surface area contributed by atoms with Gasteiger partial charge in [-0.2, -0.15) is 0 Å². The Morgan fingerprint density at radius 3 is 2.92 bits per heavy atom. The third-order valence-electron chi connectivity index (χ3n) is 1.28. The van der Waals surface area contributed by atoms with E-state index in [1.165, 1.54) is 12.5 Å². The Bertz CT molecular complexity index is 340. The number of hydrogen-bond donors (Lipinski definition) is 1. The van der Waals surface area contributed by atoms with Crippen molar-refractivity contribution in [2.24, 2.45) is 0 Å². The van der Waals surface area contributed by atoms with Crippen LogP contribution in [0.15, 0.2) is 10.2 Å². The first-order chi connectivity index (χ1) is 5.65. The lowest BCUT2D eigenvalue weighted by Gasteiger charge is -1.99. The van der Waals surface area contributed by atoms with E-state index in [0.29, 0.717) is 0 Å². The highest BCUT2D eigenvalue weighted by Crippen LogP contribution is 2.08. The minimum absolute atomic E-state index is 0.213. The summed E-state index contributed by atoms with van der Waals surface area (Å²) < 4.78 is 5.27. The highest BCUT2D eigenvalue weighted by atomic mass is 32.1. The molecule has 1 aromatic rings. The summed E-state index contributed by atoms with van der Waals surface area (Å²) in [5, 5.41) is 10.3. The van der Waals surface area contributed by atoms with Crippen molar-refractivity contribution in [3.8, 4) is 5.88 Å². The third kappa shape index (κ3) is 1.65. The maximum atomic E-state index is 10.9. The summed E-state index contributed by atoms with van der Waals surface area (Å²) in [5.41, 5.74) is 0. The predicted molar refractivity (Wildman–Crippen MR) is 42.3 cm³/mol. The average molecular weight is 189 g/mol. The van der Waals surface area contributed by atoms with Crippen molar-refractivity contribution in [2.75, 3.05) is 7.11 Å². The molecule has 0 fully saturated rings. The van der Waals surface area contributed by atoms with Gasteiger partial charge >= 0.3 is 10.8 Å². The summed E-state index contributed by atoms with van der Waals surface area (Å²) in [6, 6.07) is 0. The zero-order valence-electron chi connectivity index (χ0n) is 6.31. The molecule has 1 N–H and O–H groups in total. The first-order valence-corrected chi connectivity index (χ1v) is 3.97. The van der Waals surface area contributed by atoms with Crippen LogP contribution >= 0.6 is 11.3 Å². The van der Waals surface area contributed by atoms with Crippen molar-refractivity contribution in [3.05, 3.63) is 15.0 Å². The Morgan fingerprint density at radius 2 is 2.50 bits per heavy atom. The van der Waals surface area contributed by atoms with Crippen molar-refractivity contribution in [1.82, 2.24) is 4.57 Å². The first kappa shape index (κ1) is 8.79. The first-order valence-electron chi connectivity index (χ1n) is 3.09. The van der Waals surface area contributed by atoms with Gasteiger partial charge in [-0.15, -0.1) is 0 Å². The minimum atomic E-state index is -0.564. The van der Waals surface area contributed by atoms with Gasteiger partial charge in [0.25, 0.3) is 0 Å². The molecule has 0 aliphatic carbocycles. The van der Waals surface area contributed by atoms with Crippen LogP contribution in [-0.2, 0) is 16.1 Å². The van der Waals surface area contributed by atoms with Crippen LogP contribution < -0.4 is 4.87 Å². The van der Waals surface area contributed by atoms with Gasteiger partial charge in [-0.05, 0) is 0 Å². The zero-order chi connectivity index (χ0) is 9.14. The Morgan fingerprint density at radius 1 is 1.83 bits per heavy atom. The number of thiazole rings is 1. The van der Waals surface area contributed by atoms with Crippen LogP contribution in [0.2, 0.25) is 0 Å². The zero-order valence-corrected chi connectivity index (χ0v) is 7.13. The van der Waals surface area contributed by atoms with Crippen LogP contribution in [0.1, 0.15) is 0 Å². The summed E-state index contributed by atoms with van der Waals surface area (Å²) in [5.74, 6) is -0.777. The minimum Gasteiger partial charge on any atom is -0.494 e. The van der Waals surface area contributed by atoms with E-state index in [-0.39, 0.29) is 17.3 Å². The summed E-state index contributed by atoms with van der Waals surface area (Å²) in [4.78, 5) is 21.2. The van der Waals surface area contributed by atoms with Crippen LogP contribution in [0.5, 0.6) is 5.88 Å². The Hall–Kier alpha value is -1.30. The van der Waals surface area contributed by atoms with Gasteiger partial charge in [0.05, 0.1) is 12.5 Å². The van der Waals surface area contributed by atoms with Crippen LogP contribution in [0.4, 0.5) is 0 Å². The molecule has 0 atom stereocenters. The van der Waals surface area contributed by atoms with Crippen LogP contribution in [-0.4, -0.2) is 22.8 Å². The molecular weight excluding hydrogens is 182 g/mol. The summed E-state index contributed by atoms with van der Waals surface area (Å²) in [7, 11) is 1.22. The van der Waals surface area contributed by atoms with Crippen molar-refractivity contribution in [1.29, 1.82) is 0 Å². The van der Waals surface area contributed by atoms with Gasteiger partial charge in [-0.25, -0.2) is 0 Å². The average Bonchev–Trinajstić information content (AvgIpc) is 2.35. The molecule has 0 unspecified atom stereocenters. The normalized spacial score (nSPS) is 9.75. The van der Waals surface area contributed by atoms with E-state index in [0.717, 1.165) is 15.9 Å². The lowest BCUT2D eigenvalue weighted by atomic mass is 10.6. The van der Waals surface area contributed by atoms with Crippen LogP contribution in [0, 0.1) is 0 Å².